The van der Waals surface area contributed by atoms with Gasteiger partial charge in [0.1, 0.15) is 5.69 Å². The van der Waals surface area contributed by atoms with Crippen LogP contribution >= 0.6 is 0 Å². The van der Waals surface area contributed by atoms with Gasteiger partial charge in [0.15, 0.2) is 0 Å². The number of nitrogen functional groups attached to an aromatic ring is 1. The fourth-order valence-electron chi connectivity index (χ4n) is 3.01. The molecule has 2 unspecified atom stereocenters. The molecular weight excluding hydrogens is 242 g/mol. The van der Waals surface area contributed by atoms with Crippen LogP contribution in [-0.4, -0.2) is 11.1 Å². The molecule has 0 aromatic heterocycles. The molecule has 98 valence electrons. The summed E-state index contributed by atoms with van der Waals surface area (Å²) in [4.78, 5) is 14.9. The summed E-state index contributed by atoms with van der Waals surface area (Å²) >= 11 is 0. The zero-order valence-corrected chi connectivity index (χ0v) is 10.9. The Morgan fingerprint density at radius 2 is 2.26 bits per heavy atom. The number of nitro benzene ring substituents is 1. The highest BCUT2D eigenvalue weighted by Gasteiger charge is 2.41. The van der Waals surface area contributed by atoms with Gasteiger partial charge in [0.2, 0.25) is 0 Å². The van der Waals surface area contributed by atoms with Crippen molar-refractivity contribution in [2.24, 2.45) is 10.9 Å². The standard InChI is InChI=1S/C14H15N3O2/c1-8-12-5-9-6-13(17(18)19)11(15)7-10(9)14(8,2)3-4-16-12/h4-8H,3,15H2,1-2H3. The first-order chi connectivity index (χ1) is 8.93. The number of nitro groups is 1. The van der Waals surface area contributed by atoms with Gasteiger partial charge in [-0.2, -0.15) is 0 Å². The number of rotatable bonds is 1. The van der Waals surface area contributed by atoms with Gasteiger partial charge in [-0.05, 0) is 29.7 Å². The molecule has 0 radical (unpaired) electrons. The van der Waals surface area contributed by atoms with Crippen LogP contribution in [0.1, 0.15) is 31.4 Å². The summed E-state index contributed by atoms with van der Waals surface area (Å²) in [5, 5.41) is 11.0. The van der Waals surface area contributed by atoms with Crippen LogP contribution in [0.4, 0.5) is 11.4 Å². The first kappa shape index (κ1) is 11.9. The molecule has 1 aromatic rings. The third-order valence-electron chi connectivity index (χ3n) is 4.47. The Bertz CT molecular complexity index is 648. The number of aliphatic imine (C=N–C) groups is 1. The lowest BCUT2D eigenvalue weighted by Crippen LogP contribution is -2.37. The molecule has 1 aliphatic carbocycles. The third-order valence-corrected chi connectivity index (χ3v) is 4.47. The monoisotopic (exact) mass is 257 g/mol. The maximum absolute atomic E-state index is 11.0. The summed E-state index contributed by atoms with van der Waals surface area (Å²) in [6, 6.07) is 3.33. The van der Waals surface area contributed by atoms with Crippen LogP contribution < -0.4 is 5.73 Å². The van der Waals surface area contributed by atoms with Crippen LogP contribution in [0, 0.1) is 16.0 Å². The SMILES string of the molecule is CC1C2=Cc3cc([N+](=O)[O-])c(N)cc3C1(C)CC=N2. The quantitative estimate of drug-likeness (QED) is 0.477. The predicted octanol–water partition coefficient (Wildman–Crippen LogP) is 2.90. The Kier molecular flexibility index (Phi) is 2.29. The van der Waals surface area contributed by atoms with Crippen LogP contribution in [0.25, 0.3) is 6.08 Å². The highest BCUT2D eigenvalue weighted by molar-refractivity contribution is 5.77. The maximum atomic E-state index is 11.0. The Labute approximate surface area is 111 Å². The number of benzene rings is 1. The lowest BCUT2D eigenvalue weighted by Gasteiger charge is -2.42. The summed E-state index contributed by atoms with van der Waals surface area (Å²) in [6.45, 7) is 4.31. The van der Waals surface area contributed by atoms with Crippen molar-refractivity contribution in [2.45, 2.75) is 25.7 Å². The van der Waals surface area contributed by atoms with Crippen molar-refractivity contribution in [2.75, 3.05) is 5.73 Å². The lowest BCUT2D eigenvalue weighted by molar-refractivity contribution is -0.383. The van der Waals surface area contributed by atoms with E-state index in [4.69, 9.17) is 5.73 Å². The van der Waals surface area contributed by atoms with Crippen LogP contribution in [0.3, 0.4) is 0 Å². The minimum absolute atomic E-state index is 0.0317. The average Bonchev–Trinajstić information content (AvgIpc) is 2.34. The third kappa shape index (κ3) is 1.51. The first-order valence-corrected chi connectivity index (χ1v) is 6.26. The van der Waals surface area contributed by atoms with E-state index in [0.717, 1.165) is 23.2 Å². The van der Waals surface area contributed by atoms with Gasteiger partial charge in [0.25, 0.3) is 5.69 Å². The van der Waals surface area contributed by atoms with Crippen molar-refractivity contribution in [1.29, 1.82) is 0 Å². The average molecular weight is 257 g/mol. The molecule has 2 N–H and O–H groups in total. The summed E-state index contributed by atoms with van der Waals surface area (Å²) in [5.41, 5.74) is 8.88. The summed E-state index contributed by atoms with van der Waals surface area (Å²) in [7, 11) is 0. The molecule has 2 bridgehead atoms. The summed E-state index contributed by atoms with van der Waals surface area (Å²) < 4.78 is 0. The molecule has 1 aliphatic heterocycles. The Morgan fingerprint density at radius 1 is 1.53 bits per heavy atom. The van der Waals surface area contributed by atoms with E-state index < -0.39 is 4.92 Å². The number of fused-ring (bicyclic) bond motifs is 4. The van der Waals surface area contributed by atoms with E-state index in [1.165, 1.54) is 0 Å². The molecule has 0 saturated carbocycles. The van der Waals surface area contributed by atoms with Crippen LogP contribution in [0.2, 0.25) is 0 Å². The molecule has 5 nitrogen and oxygen atoms in total. The normalized spacial score (nSPS) is 27.7. The molecular formula is C14H15N3O2. The van der Waals surface area contributed by atoms with Crippen molar-refractivity contribution in [1.82, 2.24) is 0 Å². The Morgan fingerprint density at radius 3 is 2.95 bits per heavy atom. The molecule has 2 atom stereocenters. The molecule has 19 heavy (non-hydrogen) atoms. The Hall–Kier alpha value is -2.17. The van der Waals surface area contributed by atoms with E-state index in [9.17, 15) is 10.1 Å². The molecule has 0 spiro atoms. The molecule has 2 aliphatic rings. The molecule has 1 heterocycles. The van der Waals surface area contributed by atoms with Crippen LogP contribution in [0.5, 0.6) is 0 Å². The maximum Gasteiger partial charge on any atom is 0.292 e. The number of anilines is 1. The smallest absolute Gasteiger partial charge is 0.292 e. The second-order valence-electron chi connectivity index (χ2n) is 5.48. The Balaban J connectivity index is 2.29. The molecule has 5 heteroatoms. The van der Waals surface area contributed by atoms with Crippen LogP contribution in [0.15, 0.2) is 22.8 Å². The van der Waals surface area contributed by atoms with E-state index in [2.05, 4.69) is 18.8 Å². The first-order valence-electron chi connectivity index (χ1n) is 6.26. The van der Waals surface area contributed by atoms with Gasteiger partial charge in [-0.1, -0.05) is 13.8 Å². The van der Waals surface area contributed by atoms with Gasteiger partial charge >= 0.3 is 0 Å². The minimum Gasteiger partial charge on any atom is -0.393 e. The van der Waals surface area contributed by atoms with E-state index in [-0.39, 0.29) is 16.8 Å². The number of hydrogen-bond donors (Lipinski definition) is 1. The largest absolute Gasteiger partial charge is 0.393 e. The molecule has 0 saturated heterocycles. The second-order valence-corrected chi connectivity index (χ2v) is 5.48. The number of nitrogens with zero attached hydrogens (tertiary/aromatic N) is 2. The van der Waals surface area contributed by atoms with Crippen molar-refractivity contribution < 1.29 is 4.92 Å². The number of hydrogen-bond acceptors (Lipinski definition) is 4. The molecule has 1 aromatic carbocycles. The molecule has 0 fully saturated rings. The fraction of sp³-hybridized carbons (Fsp3) is 0.357. The van der Waals surface area contributed by atoms with E-state index in [0.29, 0.717) is 5.92 Å². The predicted molar refractivity (Wildman–Crippen MR) is 75.1 cm³/mol. The molecule has 3 rings (SSSR count). The van der Waals surface area contributed by atoms with Crippen LogP contribution in [-0.2, 0) is 5.41 Å². The van der Waals surface area contributed by atoms with Crippen molar-refractivity contribution in [3.63, 3.8) is 0 Å². The van der Waals surface area contributed by atoms with E-state index in [1.54, 1.807) is 12.1 Å². The van der Waals surface area contributed by atoms with Gasteiger partial charge < -0.3 is 5.73 Å². The number of nitrogens with two attached hydrogens (primary N) is 1. The van der Waals surface area contributed by atoms with Gasteiger partial charge in [-0.15, -0.1) is 0 Å². The highest BCUT2D eigenvalue weighted by atomic mass is 16.6. The van der Waals surface area contributed by atoms with E-state index >= 15 is 0 Å². The van der Waals surface area contributed by atoms with Crippen molar-refractivity contribution >= 4 is 23.7 Å². The van der Waals surface area contributed by atoms with Crippen molar-refractivity contribution in [3.05, 3.63) is 39.1 Å². The zero-order valence-electron chi connectivity index (χ0n) is 10.9. The van der Waals surface area contributed by atoms with Crippen molar-refractivity contribution in [3.8, 4) is 0 Å². The van der Waals surface area contributed by atoms with Gasteiger partial charge in [-0.3, -0.25) is 15.1 Å². The summed E-state index contributed by atoms with van der Waals surface area (Å²) in [6.07, 6.45) is 4.69. The van der Waals surface area contributed by atoms with E-state index in [1.807, 2.05) is 12.3 Å². The number of allylic oxidation sites excluding steroid dienone is 1. The van der Waals surface area contributed by atoms with Gasteiger partial charge in [0.05, 0.1) is 4.92 Å². The topological polar surface area (TPSA) is 81.5 Å². The van der Waals surface area contributed by atoms with Gasteiger partial charge in [0, 0.05) is 29.3 Å². The summed E-state index contributed by atoms with van der Waals surface area (Å²) in [5.74, 6) is 0.297. The molecule has 0 amide bonds. The fourth-order valence-corrected chi connectivity index (χ4v) is 3.01. The van der Waals surface area contributed by atoms with Gasteiger partial charge in [-0.25, -0.2) is 0 Å². The lowest BCUT2D eigenvalue weighted by atomic mass is 9.64. The highest BCUT2D eigenvalue weighted by Crippen LogP contribution is 2.49. The minimum atomic E-state index is -0.437. The second kappa shape index (κ2) is 3.66. The zero-order chi connectivity index (χ0) is 13.8.